The number of carbonyl (C=O) groups excluding carboxylic acids is 2. The number of amides is 2. The maximum atomic E-state index is 13.8. The molecule has 2 heterocycles. The van der Waals surface area contributed by atoms with Crippen LogP contribution in [-0.4, -0.2) is 29.1 Å². The third kappa shape index (κ3) is 4.10. The van der Waals surface area contributed by atoms with Gasteiger partial charge in [0.15, 0.2) is 17.3 Å². The van der Waals surface area contributed by atoms with Gasteiger partial charge in [0, 0.05) is 24.4 Å². The van der Waals surface area contributed by atoms with E-state index in [1.807, 2.05) is 0 Å². The summed E-state index contributed by atoms with van der Waals surface area (Å²) in [5.41, 5.74) is 1.13. The van der Waals surface area contributed by atoms with Crippen molar-refractivity contribution in [2.45, 2.75) is 6.23 Å². The van der Waals surface area contributed by atoms with E-state index in [1.165, 1.54) is 19.2 Å². The van der Waals surface area contributed by atoms with E-state index in [4.69, 9.17) is 27.9 Å². The highest BCUT2D eigenvalue weighted by molar-refractivity contribution is 6.36. The van der Waals surface area contributed by atoms with Gasteiger partial charge in [0.1, 0.15) is 5.82 Å². The Morgan fingerprint density at radius 3 is 2.55 bits per heavy atom. The van der Waals surface area contributed by atoms with E-state index in [-0.39, 0.29) is 38.8 Å². The monoisotopic (exact) mass is 461 g/mol. The summed E-state index contributed by atoms with van der Waals surface area (Å²) >= 11 is 12.2. The summed E-state index contributed by atoms with van der Waals surface area (Å²) in [5, 5.41) is 15.9. The molecule has 0 fully saturated rings. The molecule has 0 aliphatic carbocycles. The van der Waals surface area contributed by atoms with Crippen LogP contribution >= 0.6 is 23.2 Å². The summed E-state index contributed by atoms with van der Waals surface area (Å²) in [7, 11) is 1.53. The predicted octanol–water partition coefficient (Wildman–Crippen LogP) is 4.04. The van der Waals surface area contributed by atoms with Crippen LogP contribution in [0.4, 0.5) is 15.9 Å². The normalized spacial score (nSPS) is 14.3. The van der Waals surface area contributed by atoms with Gasteiger partial charge < -0.3 is 20.7 Å². The molecule has 3 N–H and O–H groups in total. The SMILES string of the molecule is CNC(=O)c1ccc(NC(=O)c2cc3c(nn2)NC(c2c(Cl)ccc(F)c2Cl)O3)cc1. The lowest BCUT2D eigenvalue weighted by Gasteiger charge is -2.15. The number of anilines is 2. The van der Waals surface area contributed by atoms with E-state index >= 15 is 0 Å². The number of hydrogen-bond acceptors (Lipinski definition) is 6. The highest BCUT2D eigenvalue weighted by Gasteiger charge is 2.31. The fourth-order valence-corrected chi connectivity index (χ4v) is 3.48. The van der Waals surface area contributed by atoms with Gasteiger partial charge >= 0.3 is 0 Å². The summed E-state index contributed by atoms with van der Waals surface area (Å²) in [4.78, 5) is 24.1. The van der Waals surface area contributed by atoms with Crippen LogP contribution < -0.4 is 20.7 Å². The number of carbonyl (C=O) groups is 2. The maximum Gasteiger partial charge on any atom is 0.276 e. The number of nitrogens with one attached hydrogen (secondary N) is 3. The molecular weight excluding hydrogens is 448 g/mol. The predicted molar refractivity (Wildman–Crippen MR) is 113 cm³/mol. The van der Waals surface area contributed by atoms with E-state index in [0.717, 1.165) is 6.07 Å². The van der Waals surface area contributed by atoms with Gasteiger partial charge in [-0.3, -0.25) is 9.59 Å². The zero-order chi connectivity index (χ0) is 22.1. The van der Waals surface area contributed by atoms with E-state index in [1.54, 1.807) is 24.3 Å². The first-order valence-corrected chi connectivity index (χ1v) is 9.70. The third-order valence-corrected chi connectivity index (χ3v) is 5.19. The molecule has 0 saturated carbocycles. The number of rotatable bonds is 4. The first-order chi connectivity index (χ1) is 14.9. The second kappa shape index (κ2) is 8.37. The molecule has 0 saturated heterocycles. The van der Waals surface area contributed by atoms with Crippen LogP contribution in [0.5, 0.6) is 5.75 Å². The number of nitrogens with zero attached hydrogens (tertiary/aromatic N) is 2. The lowest BCUT2D eigenvalue weighted by molar-refractivity contribution is 0.0962. The summed E-state index contributed by atoms with van der Waals surface area (Å²) in [5.74, 6) is -0.919. The molecule has 0 bridgehead atoms. The molecule has 1 atom stereocenters. The van der Waals surface area contributed by atoms with Gasteiger partial charge in [-0.15, -0.1) is 10.2 Å². The number of fused-ring (bicyclic) bond motifs is 1. The second-order valence-corrected chi connectivity index (χ2v) is 7.24. The first-order valence-electron chi connectivity index (χ1n) is 8.95. The van der Waals surface area contributed by atoms with Crippen LogP contribution in [0.1, 0.15) is 32.6 Å². The molecule has 3 aromatic rings. The van der Waals surface area contributed by atoms with E-state index in [2.05, 4.69) is 26.1 Å². The van der Waals surface area contributed by atoms with Crippen molar-refractivity contribution >= 4 is 46.5 Å². The van der Waals surface area contributed by atoms with Crippen molar-refractivity contribution in [1.82, 2.24) is 15.5 Å². The standard InChI is InChI=1S/C20H14Cl2FN5O3/c1-24-18(29)9-2-4-10(5-3-9)25-19(30)13-8-14-17(28-27-13)26-20(31-14)15-11(21)6-7-12(23)16(15)22/h2-8,20H,1H3,(H,24,29)(H,25,30)(H,26,28). The van der Waals surface area contributed by atoms with Crippen molar-refractivity contribution in [3.63, 3.8) is 0 Å². The molecule has 1 aromatic heterocycles. The molecule has 11 heteroatoms. The minimum absolute atomic E-state index is 0.00647. The Labute approximate surface area is 185 Å². The second-order valence-electron chi connectivity index (χ2n) is 6.45. The van der Waals surface area contributed by atoms with E-state index < -0.39 is 18.0 Å². The molecule has 1 aliphatic rings. The molecule has 0 radical (unpaired) electrons. The quantitative estimate of drug-likeness (QED) is 0.506. The number of benzene rings is 2. The lowest BCUT2D eigenvalue weighted by atomic mass is 10.2. The Bertz CT molecular complexity index is 1190. The van der Waals surface area contributed by atoms with E-state index in [9.17, 15) is 14.0 Å². The summed E-state index contributed by atoms with van der Waals surface area (Å²) in [6.45, 7) is 0. The van der Waals surface area contributed by atoms with Gasteiger partial charge in [0.25, 0.3) is 11.8 Å². The molecule has 31 heavy (non-hydrogen) atoms. The van der Waals surface area contributed by atoms with Crippen molar-refractivity contribution in [1.29, 1.82) is 0 Å². The zero-order valence-electron chi connectivity index (χ0n) is 15.9. The molecule has 1 aliphatic heterocycles. The molecule has 2 aromatic carbocycles. The van der Waals surface area contributed by atoms with Gasteiger partial charge in [-0.1, -0.05) is 23.2 Å². The van der Waals surface area contributed by atoms with Crippen LogP contribution in [-0.2, 0) is 0 Å². The highest BCUT2D eigenvalue weighted by atomic mass is 35.5. The van der Waals surface area contributed by atoms with Crippen molar-refractivity contribution < 1.29 is 18.7 Å². The third-order valence-electron chi connectivity index (χ3n) is 4.48. The Kier molecular flexibility index (Phi) is 5.62. The van der Waals surface area contributed by atoms with Gasteiger partial charge in [0.05, 0.1) is 15.6 Å². The largest absolute Gasteiger partial charge is 0.462 e. The Hall–Kier alpha value is -3.43. The van der Waals surface area contributed by atoms with Crippen LogP contribution in [0.2, 0.25) is 10.0 Å². The summed E-state index contributed by atoms with van der Waals surface area (Å²) < 4.78 is 19.6. The molecule has 2 amide bonds. The molecule has 0 spiro atoms. The van der Waals surface area contributed by atoms with E-state index in [0.29, 0.717) is 11.3 Å². The smallest absolute Gasteiger partial charge is 0.276 e. The Morgan fingerprint density at radius 1 is 1.10 bits per heavy atom. The van der Waals surface area contributed by atoms with Gasteiger partial charge in [-0.05, 0) is 36.4 Å². The number of hydrogen-bond donors (Lipinski definition) is 3. The average molecular weight is 462 g/mol. The molecule has 8 nitrogen and oxygen atoms in total. The van der Waals surface area contributed by atoms with Crippen molar-refractivity contribution in [3.05, 3.63) is 75.1 Å². The molecule has 158 valence electrons. The highest BCUT2D eigenvalue weighted by Crippen LogP contribution is 2.41. The van der Waals surface area contributed by atoms with Crippen molar-refractivity contribution in [2.75, 3.05) is 17.7 Å². The number of halogens is 3. The zero-order valence-corrected chi connectivity index (χ0v) is 17.4. The molecular formula is C20H14Cl2FN5O3. The maximum absolute atomic E-state index is 13.8. The first kappa shape index (κ1) is 20.8. The summed E-state index contributed by atoms with van der Waals surface area (Å²) in [6, 6.07) is 10.2. The van der Waals surface area contributed by atoms with Gasteiger partial charge in [-0.2, -0.15) is 0 Å². The Balaban J connectivity index is 1.51. The van der Waals surface area contributed by atoms with Crippen LogP contribution in [0.15, 0.2) is 42.5 Å². The topological polar surface area (TPSA) is 105 Å². The fraction of sp³-hybridized carbons (Fsp3) is 0.100. The van der Waals surface area contributed by atoms with Crippen LogP contribution in [0, 0.1) is 5.82 Å². The van der Waals surface area contributed by atoms with Gasteiger partial charge in [-0.25, -0.2) is 4.39 Å². The fourth-order valence-electron chi connectivity index (χ4n) is 2.91. The molecule has 1 unspecified atom stereocenters. The van der Waals surface area contributed by atoms with Crippen molar-refractivity contribution in [2.24, 2.45) is 0 Å². The number of ether oxygens (including phenoxy) is 1. The number of aromatic nitrogens is 2. The van der Waals surface area contributed by atoms with Gasteiger partial charge in [0.2, 0.25) is 6.23 Å². The minimum atomic E-state index is -0.893. The average Bonchev–Trinajstić information content (AvgIpc) is 3.19. The van der Waals surface area contributed by atoms with Crippen LogP contribution in [0.3, 0.4) is 0 Å². The minimum Gasteiger partial charge on any atom is -0.462 e. The van der Waals surface area contributed by atoms with Crippen molar-refractivity contribution in [3.8, 4) is 5.75 Å². The molecule has 4 rings (SSSR count). The lowest BCUT2D eigenvalue weighted by Crippen LogP contribution is -2.18. The van der Waals surface area contributed by atoms with Crippen LogP contribution in [0.25, 0.3) is 0 Å². The summed E-state index contributed by atoms with van der Waals surface area (Å²) in [6.07, 6.45) is -0.893. The Morgan fingerprint density at radius 2 is 1.84 bits per heavy atom.